The molecule has 0 saturated carbocycles. The van der Waals surface area contributed by atoms with Crippen LogP contribution in [0.5, 0.6) is 0 Å². The maximum atomic E-state index is 6.22. The number of nitrogens with one attached hydrogen (secondary N) is 1. The Hall–Kier alpha value is -1.07. The minimum atomic E-state index is 0.630. The van der Waals surface area contributed by atoms with Crippen LogP contribution in [0.2, 0.25) is 5.02 Å². The fourth-order valence-corrected chi connectivity index (χ4v) is 2.53. The number of nitrogens with zero attached hydrogens (tertiary/aromatic N) is 4. The van der Waals surface area contributed by atoms with E-state index in [0.29, 0.717) is 11.0 Å². The van der Waals surface area contributed by atoms with Gasteiger partial charge in [-0.15, -0.1) is 0 Å². The van der Waals surface area contributed by atoms with E-state index in [9.17, 15) is 0 Å². The summed E-state index contributed by atoms with van der Waals surface area (Å²) in [5, 5.41) is 3.76. The summed E-state index contributed by atoms with van der Waals surface area (Å²) in [6.07, 6.45) is 2.89. The van der Waals surface area contributed by atoms with Crippen LogP contribution in [0, 0.1) is 0 Å². The van der Waals surface area contributed by atoms with Crippen molar-refractivity contribution in [1.29, 1.82) is 0 Å². The summed E-state index contributed by atoms with van der Waals surface area (Å²) >= 11 is 6.22. The summed E-state index contributed by atoms with van der Waals surface area (Å²) in [6.45, 7) is 10.3. The van der Waals surface area contributed by atoms with Crippen LogP contribution in [0.4, 0.5) is 11.8 Å². The number of anilines is 2. The summed E-state index contributed by atoms with van der Waals surface area (Å²) in [7, 11) is 0. The van der Waals surface area contributed by atoms with E-state index in [2.05, 4.69) is 32.0 Å². The van der Waals surface area contributed by atoms with E-state index in [4.69, 9.17) is 11.6 Å². The Morgan fingerprint density at radius 3 is 2.63 bits per heavy atom. The zero-order valence-electron chi connectivity index (χ0n) is 11.7. The predicted octanol–water partition coefficient (Wildman–Crippen LogP) is 2.09. The van der Waals surface area contributed by atoms with E-state index in [-0.39, 0.29) is 0 Å². The van der Waals surface area contributed by atoms with E-state index in [1.807, 2.05) is 6.92 Å². The topological polar surface area (TPSA) is 44.3 Å². The van der Waals surface area contributed by atoms with Crippen LogP contribution in [-0.4, -0.2) is 54.1 Å². The highest BCUT2D eigenvalue weighted by Gasteiger charge is 2.20. The van der Waals surface area contributed by atoms with Crippen LogP contribution in [0.1, 0.15) is 20.3 Å². The second kappa shape index (κ2) is 6.91. The van der Waals surface area contributed by atoms with Crippen LogP contribution in [-0.2, 0) is 0 Å². The quantitative estimate of drug-likeness (QED) is 0.896. The van der Waals surface area contributed by atoms with Crippen molar-refractivity contribution >= 4 is 23.4 Å². The van der Waals surface area contributed by atoms with E-state index < -0.39 is 0 Å². The van der Waals surface area contributed by atoms with Gasteiger partial charge in [-0.2, -0.15) is 4.98 Å². The largest absolute Gasteiger partial charge is 0.354 e. The average molecular weight is 284 g/mol. The Kier molecular flexibility index (Phi) is 5.22. The summed E-state index contributed by atoms with van der Waals surface area (Å²) in [5.74, 6) is 1.50. The monoisotopic (exact) mass is 283 g/mol. The van der Waals surface area contributed by atoms with Gasteiger partial charge in [0.25, 0.3) is 0 Å². The van der Waals surface area contributed by atoms with Gasteiger partial charge in [-0.25, -0.2) is 4.98 Å². The summed E-state index contributed by atoms with van der Waals surface area (Å²) in [6, 6.07) is 0. The van der Waals surface area contributed by atoms with Crippen molar-refractivity contribution in [3.63, 3.8) is 0 Å². The van der Waals surface area contributed by atoms with Gasteiger partial charge in [0.15, 0.2) is 5.82 Å². The Labute approximate surface area is 120 Å². The molecule has 0 spiro atoms. The summed E-state index contributed by atoms with van der Waals surface area (Å²) in [5.41, 5.74) is 0. The van der Waals surface area contributed by atoms with Crippen molar-refractivity contribution in [1.82, 2.24) is 14.9 Å². The molecule has 6 heteroatoms. The molecular weight excluding hydrogens is 262 g/mol. The third kappa shape index (κ3) is 3.70. The van der Waals surface area contributed by atoms with Crippen LogP contribution >= 0.6 is 11.6 Å². The SMILES string of the molecule is CCCN1CCN(c2nc(NCC)ncc2Cl)CC1. The van der Waals surface area contributed by atoms with Crippen LogP contribution < -0.4 is 10.2 Å². The highest BCUT2D eigenvalue weighted by molar-refractivity contribution is 6.32. The fraction of sp³-hybridized carbons (Fsp3) is 0.692. The third-order valence-electron chi connectivity index (χ3n) is 3.27. The Morgan fingerprint density at radius 2 is 2.00 bits per heavy atom. The van der Waals surface area contributed by atoms with Gasteiger partial charge >= 0.3 is 0 Å². The van der Waals surface area contributed by atoms with Crippen LogP contribution in [0.3, 0.4) is 0 Å². The molecule has 2 rings (SSSR count). The lowest BCUT2D eigenvalue weighted by Gasteiger charge is -2.35. The molecule has 0 unspecified atom stereocenters. The first-order chi connectivity index (χ1) is 9.24. The van der Waals surface area contributed by atoms with Crippen molar-refractivity contribution in [2.45, 2.75) is 20.3 Å². The molecule has 1 aromatic rings. The van der Waals surface area contributed by atoms with Crippen LogP contribution in [0.25, 0.3) is 0 Å². The van der Waals surface area contributed by atoms with Gasteiger partial charge in [0.05, 0.1) is 6.20 Å². The smallest absolute Gasteiger partial charge is 0.224 e. The zero-order chi connectivity index (χ0) is 13.7. The maximum Gasteiger partial charge on any atom is 0.224 e. The second-order valence-electron chi connectivity index (χ2n) is 4.72. The standard InChI is InChI=1S/C13H22ClN5/c1-3-5-18-6-8-19(9-7-18)12-11(14)10-16-13(17-12)15-4-2/h10H,3-9H2,1-2H3,(H,15,16,17). The second-order valence-corrected chi connectivity index (χ2v) is 5.13. The lowest BCUT2D eigenvalue weighted by Crippen LogP contribution is -2.47. The fourth-order valence-electron chi connectivity index (χ4n) is 2.32. The Bertz CT molecular complexity index is 404. The number of rotatable bonds is 5. The number of aromatic nitrogens is 2. The molecule has 0 bridgehead atoms. The van der Waals surface area contributed by atoms with Gasteiger partial charge in [-0.1, -0.05) is 18.5 Å². The van der Waals surface area contributed by atoms with Gasteiger partial charge in [0.2, 0.25) is 5.95 Å². The molecule has 19 heavy (non-hydrogen) atoms. The first-order valence-electron chi connectivity index (χ1n) is 6.98. The molecule has 0 amide bonds. The number of hydrogen-bond acceptors (Lipinski definition) is 5. The van der Waals surface area contributed by atoms with E-state index >= 15 is 0 Å². The molecular formula is C13H22ClN5. The molecule has 0 aromatic carbocycles. The highest BCUT2D eigenvalue weighted by Crippen LogP contribution is 2.24. The molecule has 0 radical (unpaired) electrons. The highest BCUT2D eigenvalue weighted by atomic mass is 35.5. The van der Waals surface area contributed by atoms with Gasteiger partial charge in [0.1, 0.15) is 5.02 Å². The van der Waals surface area contributed by atoms with Crippen molar-refractivity contribution < 1.29 is 0 Å². The van der Waals surface area contributed by atoms with Gasteiger partial charge in [-0.05, 0) is 19.9 Å². The van der Waals surface area contributed by atoms with Crippen molar-refractivity contribution in [3.8, 4) is 0 Å². The lowest BCUT2D eigenvalue weighted by atomic mass is 10.3. The van der Waals surface area contributed by atoms with E-state index in [0.717, 1.165) is 38.5 Å². The number of hydrogen-bond donors (Lipinski definition) is 1. The summed E-state index contributed by atoms with van der Waals surface area (Å²) < 4.78 is 0. The number of halogens is 1. The Morgan fingerprint density at radius 1 is 1.26 bits per heavy atom. The molecule has 2 heterocycles. The zero-order valence-corrected chi connectivity index (χ0v) is 12.4. The maximum absolute atomic E-state index is 6.22. The average Bonchev–Trinajstić information content (AvgIpc) is 2.43. The molecule has 106 valence electrons. The van der Waals surface area contributed by atoms with Crippen molar-refractivity contribution in [2.75, 3.05) is 49.5 Å². The predicted molar refractivity (Wildman–Crippen MR) is 80.1 cm³/mol. The normalized spacial score (nSPS) is 16.7. The lowest BCUT2D eigenvalue weighted by molar-refractivity contribution is 0.258. The molecule has 1 fully saturated rings. The van der Waals surface area contributed by atoms with Crippen molar-refractivity contribution in [3.05, 3.63) is 11.2 Å². The molecule has 1 aliphatic heterocycles. The molecule has 0 atom stereocenters. The molecule has 1 saturated heterocycles. The van der Waals surface area contributed by atoms with Gasteiger partial charge < -0.3 is 10.2 Å². The molecule has 0 aliphatic carbocycles. The minimum absolute atomic E-state index is 0.630. The molecule has 1 aliphatic rings. The first kappa shape index (κ1) is 14.3. The van der Waals surface area contributed by atoms with Crippen LogP contribution in [0.15, 0.2) is 6.20 Å². The third-order valence-corrected chi connectivity index (χ3v) is 3.54. The minimum Gasteiger partial charge on any atom is -0.354 e. The van der Waals surface area contributed by atoms with Gasteiger partial charge in [0, 0.05) is 32.7 Å². The van der Waals surface area contributed by atoms with E-state index in [1.54, 1.807) is 6.20 Å². The van der Waals surface area contributed by atoms with E-state index in [1.165, 1.54) is 13.0 Å². The van der Waals surface area contributed by atoms with Gasteiger partial charge in [-0.3, -0.25) is 4.90 Å². The first-order valence-corrected chi connectivity index (χ1v) is 7.36. The van der Waals surface area contributed by atoms with Crippen molar-refractivity contribution in [2.24, 2.45) is 0 Å². The number of piperazine rings is 1. The summed E-state index contributed by atoms with van der Waals surface area (Å²) in [4.78, 5) is 13.4. The molecule has 5 nitrogen and oxygen atoms in total. The Balaban J connectivity index is 2.03. The molecule has 1 aromatic heterocycles. The molecule has 1 N–H and O–H groups in total.